The van der Waals surface area contributed by atoms with Gasteiger partial charge in [-0.3, -0.25) is 9.48 Å². The molecule has 0 aliphatic rings. The SMILES string of the molecule is Cc1nn(C(C)C(=O)Nc2cc(Cl)ccc2N)cc1Cl. The summed E-state index contributed by atoms with van der Waals surface area (Å²) in [6, 6.07) is 4.38. The van der Waals surface area contributed by atoms with Gasteiger partial charge in [0.15, 0.2) is 0 Å². The fourth-order valence-electron chi connectivity index (χ4n) is 1.65. The van der Waals surface area contributed by atoms with E-state index in [9.17, 15) is 4.79 Å². The molecule has 1 heterocycles. The molecule has 0 saturated carbocycles. The van der Waals surface area contributed by atoms with Gasteiger partial charge in [-0.15, -0.1) is 0 Å². The number of aromatic nitrogens is 2. The van der Waals surface area contributed by atoms with Crippen LogP contribution in [0.25, 0.3) is 0 Å². The highest BCUT2D eigenvalue weighted by Gasteiger charge is 2.18. The van der Waals surface area contributed by atoms with Gasteiger partial charge in [-0.05, 0) is 32.0 Å². The Balaban J connectivity index is 2.17. The molecular formula is C13H14Cl2N4O. The Morgan fingerprint density at radius 1 is 1.45 bits per heavy atom. The Morgan fingerprint density at radius 3 is 2.75 bits per heavy atom. The number of rotatable bonds is 3. The maximum absolute atomic E-state index is 12.2. The summed E-state index contributed by atoms with van der Waals surface area (Å²) in [5.41, 5.74) is 7.39. The van der Waals surface area contributed by atoms with E-state index in [1.54, 1.807) is 38.2 Å². The predicted molar refractivity (Wildman–Crippen MR) is 81.2 cm³/mol. The third-order valence-electron chi connectivity index (χ3n) is 2.91. The van der Waals surface area contributed by atoms with Crippen LogP contribution in [0.15, 0.2) is 24.4 Å². The van der Waals surface area contributed by atoms with Gasteiger partial charge >= 0.3 is 0 Å². The van der Waals surface area contributed by atoms with Crippen molar-refractivity contribution in [3.63, 3.8) is 0 Å². The number of benzene rings is 1. The van der Waals surface area contributed by atoms with Crippen molar-refractivity contribution in [1.82, 2.24) is 9.78 Å². The molecule has 0 fully saturated rings. The second kappa shape index (κ2) is 5.73. The minimum Gasteiger partial charge on any atom is -0.397 e. The number of nitrogen functional groups attached to an aromatic ring is 1. The first kappa shape index (κ1) is 14.7. The second-order valence-electron chi connectivity index (χ2n) is 4.44. The highest BCUT2D eigenvalue weighted by molar-refractivity contribution is 6.31. The fraction of sp³-hybridized carbons (Fsp3) is 0.231. The standard InChI is InChI=1S/C13H14Cl2N4O/c1-7-10(15)6-19(18-7)8(2)13(20)17-12-5-9(14)3-4-11(12)16/h3-6,8H,16H2,1-2H3,(H,17,20). The maximum atomic E-state index is 12.2. The molecule has 0 aliphatic carbocycles. The van der Waals surface area contributed by atoms with E-state index in [1.807, 2.05) is 0 Å². The van der Waals surface area contributed by atoms with E-state index in [-0.39, 0.29) is 5.91 Å². The number of nitrogens with two attached hydrogens (primary N) is 1. The van der Waals surface area contributed by atoms with Gasteiger partial charge in [-0.2, -0.15) is 5.10 Å². The number of aryl methyl sites for hydroxylation is 1. The Labute approximate surface area is 126 Å². The quantitative estimate of drug-likeness (QED) is 0.854. The van der Waals surface area contributed by atoms with Gasteiger partial charge < -0.3 is 11.1 Å². The highest BCUT2D eigenvalue weighted by Crippen LogP contribution is 2.24. The smallest absolute Gasteiger partial charge is 0.249 e. The number of nitrogens with zero attached hydrogens (tertiary/aromatic N) is 2. The Morgan fingerprint density at radius 2 is 2.15 bits per heavy atom. The number of anilines is 2. The minimum absolute atomic E-state index is 0.252. The van der Waals surface area contributed by atoms with Gasteiger partial charge in [-0.1, -0.05) is 23.2 Å². The summed E-state index contributed by atoms with van der Waals surface area (Å²) in [5.74, 6) is -0.252. The zero-order chi connectivity index (χ0) is 14.9. The molecule has 7 heteroatoms. The molecule has 1 aromatic heterocycles. The summed E-state index contributed by atoms with van der Waals surface area (Å²) in [6.07, 6.45) is 1.61. The fourth-order valence-corrected chi connectivity index (χ4v) is 1.96. The summed E-state index contributed by atoms with van der Waals surface area (Å²) in [5, 5.41) is 7.93. The molecular weight excluding hydrogens is 299 g/mol. The van der Waals surface area contributed by atoms with E-state index in [2.05, 4.69) is 10.4 Å². The predicted octanol–water partition coefficient (Wildman–Crippen LogP) is 3.28. The van der Waals surface area contributed by atoms with Crippen LogP contribution < -0.4 is 11.1 Å². The first-order chi connectivity index (χ1) is 9.38. The molecule has 0 bridgehead atoms. The van der Waals surface area contributed by atoms with E-state index in [4.69, 9.17) is 28.9 Å². The van der Waals surface area contributed by atoms with Crippen LogP contribution in [-0.4, -0.2) is 15.7 Å². The van der Waals surface area contributed by atoms with Crippen molar-refractivity contribution >= 4 is 40.5 Å². The molecule has 0 aliphatic heterocycles. The van der Waals surface area contributed by atoms with Crippen LogP contribution in [0.1, 0.15) is 18.7 Å². The largest absolute Gasteiger partial charge is 0.397 e. The van der Waals surface area contributed by atoms with Crippen LogP contribution in [-0.2, 0) is 4.79 Å². The van der Waals surface area contributed by atoms with E-state index in [1.165, 1.54) is 4.68 Å². The van der Waals surface area contributed by atoms with Gasteiger partial charge in [0.05, 0.1) is 22.1 Å². The molecule has 0 radical (unpaired) electrons. The lowest BCUT2D eigenvalue weighted by molar-refractivity contribution is -0.119. The molecule has 106 valence electrons. The van der Waals surface area contributed by atoms with Crippen molar-refractivity contribution in [2.45, 2.75) is 19.9 Å². The van der Waals surface area contributed by atoms with Crippen molar-refractivity contribution in [3.8, 4) is 0 Å². The molecule has 2 aromatic rings. The van der Waals surface area contributed by atoms with E-state index < -0.39 is 6.04 Å². The molecule has 2 rings (SSSR count). The summed E-state index contributed by atoms with van der Waals surface area (Å²) in [7, 11) is 0. The van der Waals surface area contributed by atoms with Crippen molar-refractivity contribution in [1.29, 1.82) is 0 Å². The summed E-state index contributed by atoms with van der Waals surface area (Å²) < 4.78 is 1.51. The number of amides is 1. The molecule has 1 atom stereocenters. The van der Waals surface area contributed by atoms with Crippen molar-refractivity contribution in [2.75, 3.05) is 11.1 Å². The third kappa shape index (κ3) is 3.05. The number of carbonyl (C=O) groups is 1. The van der Waals surface area contributed by atoms with Gasteiger partial charge in [0, 0.05) is 11.2 Å². The molecule has 3 N–H and O–H groups in total. The van der Waals surface area contributed by atoms with Gasteiger partial charge in [0.1, 0.15) is 6.04 Å². The lowest BCUT2D eigenvalue weighted by Gasteiger charge is -2.14. The molecule has 1 amide bonds. The first-order valence-corrected chi connectivity index (χ1v) is 6.71. The van der Waals surface area contributed by atoms with Crippen LogP contribution in [0.5, 0.6) is 0 Å². The number of halogens is 2. The molecule has 20 heavy (non-hydrogen) atoms. The van der Waals surface area contributed by atoms with Crippen LogP contribution >= 0.6 is 23.2 Å². The van der Waals surface area contributed by atoms with Crippen LogP contribution in [0.2, 0.25) is 10.0 Å². The summed E-state index contributed by atoms with van der Waals surface area (Å²) in [4.78, 5) is 12.2. The lowest BCUT2D eigenvalue weighted by Crippen LogP contribution is -2.24. The third-order valence-corrected chi connectivity index (χ3v) is 3.51. The Hall–Kier alpha value is -1.72. The Bertz CT molecular complexity index is 634. The zero-order valence-electron chi connectivity index (χ0n) is 11.0. The highest BCUT2D eigenvalue weighted by atomic mass is 35.5. The average Bonchev–Trinajstić information content (AvgIpc) is 2.73. The van der Waals surface area contributed by atoms with Gasteiger partial charge in [0.25, 0.3) is 0 Å². The molecule has 0 spiro atoms. The monoisotopic (exact) mass is 312 g/mol. The zero-order valence-corrected chi connectivity index (χ0v) is 12.5. The Kier molecular flexibility index (Phi) is 4.20. The topological polar surface area (TPSA) is 72.9 Å². The van der Waals surface area contributed by atoms with Crippen LogP contribution in [0.3, 0.4) is 0 Å². The van der Waals surface area contributed by atoms with Gasteiger partial charge in [0.2, 0.25) is 5.91 Å². The van der Waals surface area contributed by atoms with E-state index in [0.29, 0.717) is 27.1 Å². The van der Waals surface area contributed by atoms with E-state index >= 15 is 0 Å². The number of hydrogen-bond acceptors (Lipinski definition) is 3. The second-order valence-corrected chi connectivity index (χ2v) is 5.28. The molecule has 5 nitrogen and oxygen atoms in total. The first-order valence-electron chi connectivity index (χ1n) is 5.95. The molecule has 1 aromatic carbocycles. The van der Waals surface area contributed by atoms with E-state index in [0.717, 1.165) is 0 Å². The average molecular weight is 313 g/mol. The summed E-state index contributed by atoms with van der Waals surface area (Å²) >= 11 is 11.8. The van der Waals surface area contributed by atoms with Crippen molar-refractivity contribution < 1.29 is 4.79 Å². The van der Waals surface area contributed by atoms with Crippen LogP contribution in [0.4, 0.5) is 11.4 Å². The minimum atomic E-state index is -0.514. The number of carbonyl (C=O) groups excluding carboxylic acids is 1. The normalized spacial score (nSPS) is 12.2. The van der Waals surface area contributed by atoms with Gasteiger partial charge in [-0.25, -0.2) is 0 Å². The number of nitrogens with one attached hydrogen (secondary N) is 1. The molecule has 0 saturated heterocycles. The number of hydrogen-bond donors (Lipinski definition) is 2. The maximum Gasteiger partial charge on any atom is 0.249 e. The van der Waals surface area contributed by atoms with Crippen molar-refractivity contribution in [3.05, 3.63) is 40.1 Å². The van der Waals surface area contributed by atoms with Crippen LogP contribution in [0, 0.1) is 6.92 Å². The van der Waals surface area contributed by atoms with Crippen molar-refractivity contribution in [2.24, 2.45) is 0 Å². The molecule has 1 unspecified atom stereocenters. The lowest BCUT2D eigenvalue weighted by atomic mass is 10.2. The summed E-state index contributed by atoms with van der Waals surface area (Å²) in [6.45, 7) is 3.50.